The molecule has 0 aliphatic heterocycles. The van der Waals surface area contributed by atoms with Crippen molar-refractivity contribution in [1.29, 1.82) is 0 Å². The Kier molecular flexibility index (Phi) is 6.01. The van der Waals surface area contributed by atoms with Crippen LogP contribution >= 0.6 is 11.3 Å². The smallest absolute Gasteiger partial charge is 0.306 e. The van der Waals surface area contributed by atoms with Crippen molar-refractivity contribution in [2.75, 3.05) is 6.26 Å². The van der Waals surface area contributed by atoms with Gasteiger partial charge < -0.3 is 9.08 Å². The first-order chi connectivity index (χ1) is 11.3. The second-order valence-electron chi connectivity index (χ2n) is 5.56. The van der Waals surface area contributed by atoms with E-state index in [-0.39, 0.29) is 24.2 Å². The van der Waals surface area contributed by atoms with Crippen LogP contribution in [0.3, 0.4) is 0 Å². The van der Waals surface area contributed by atoms with Crippen molar-refractivity contribution in [2.24, 2.45) is 0 Å². The van der Waals surface area contributed by atoms with Crippen molar-refractivity contribution in [3.63, 3.8) is 0 Å². The molecule has 0 N–H and O–H groups in total. The lowest BCUT2D eigenvalue weighted by molar-refractivity contribution is 0.0676. The Labute approximate surface area is 147 Å². The van der Waals surface area contributed by atoms with E-state index in [0.717, 1.165) is 12.7 Å². The first kappa shape index (κ1) is 18.5. The lowest BCUT2D eigenvalue weighted by Gasteiger charge is -2.29. The van der Waals surface area contributed by atoms with Crippen molar-refractivity contribution in [3.8, 4) is 5.75 Å². The van der Waals surface area contributed by atoms with Crippen LogP contribution in [-0.2, 0) is 16.7 Å². The number of rotatable bonds is 7. The number of amides is 1. The molecule has 1 heterocycles. The summed E-state index contributed by atoms with van der Waals surface area (Å²) in [5.74, 6) is 0.195. The number of hydrogen-bond donors (Lipinski definition) is 0. The summed E-state index contributed by atoms with van der Waals surface area (Å²) in [5, 5.41) is 1.86. The molecular weight excluding hydrogens is 346 g/mol. The molecule has 2 aromatic rings. The summed E-state index contributed by atoms with van der Waals surface area (Å²) in [6.07, 6.45) is 1.80. The van der Waals surface area contributed by atoms with Gasteiger partial charge in [-0.25, -0.2) is 0 Å². The van der Waals surface area contributed by atoms with Gasteiger partial charge in [-0.3, -0.25) is 4.79 Å². The second kappa shape index (κ2) is 7.81. The van der Waals surface area contributed by atoms with E-state index >= 15 is 0 Å². The predicted octanol–water partition coefficient (Wildman–Crippen LogP) is 3.53. The minimum atomic E-state index is -3.63. The second-order valence-corrected chi connectivity index (χ2v) is 8.09. The molecule has 130 valence electrons. The molecule has 1 aromatic heterocycles. The third kappa shape index (κ3) is 4.82. The van der Waals surface area contributed by atoms with E-state index in [2.05, 4.69) is 0 Å². The van der Waals surface area contributed by atoms with E-state index in [1.165, 1.54) is 11.3 Å². The molecule has 0 fully saturated rings. The topological polar surface area (TPSA) is 63.7 Å². The van der Waals surface area contributed by atoms with Gasteiger partial charge in [0.25, 0.3) is 5.91 Å². The number of nitrogens with zero attached hydrogens (tertiary/aromatic N) is 1. The van der Waals surface area contributed by atoms with Crippen molar-refractivity contribution < 1.29 is 17.4 Å². The number of carbonyl (C=O) groups is 1. The summed E-state index contributed by atoms with van der Waals surface area (Å²) >= 11 is 1.39. The van der Waals surface area contributed by atoms with Crippen LogP contribution < -0.4 is 4.18 Å². The summed E-state index contributed by atoms with van der Waals surface area (Å²) in [5.41, 5.74) is 0.660. The molecule has 0 aliphatic rings. The Morgan fingerprint density at radius 1 is 1.25 bits per heavy atom. The molecule has 0 saturated carbocycles. The average molecular weight is 367 g/mol. The molecule has 0 spiro atoms. The molecule has 5 nitrogen and oxygen atoms in total. The molecule has 0 aliphatic carbocycles. The number of benzene rings is 1. The fourth-order valence-electron chi connectivity index (χ4n) is 2.25. The average Bonchev–Trinajstić information content (AvgIpc) is 3.05. The van der Waals surface area contributed by atoms with E-state index in [0.29, 0.717) is 10.4 Å². The predicted molar refractivity (Wildman–Crippen MR) is 95.9 cm³/mol. The molecule has 2 rings (SSSR count). The van der Waals surface area contributed by atoms with Gasteiger partial charge in [0.05, 0.1) is 11.1 Å². The molecule has 7 heteroatoms. The standard InChI is InChI=1S/C17H21NO4S2/c1-4-13(2)18(17(19)16-10-7-11-23-16)12-14-8-5-6-9-15(14)22-24(3,20)21/h5-11,13H,4,12H2,1-3H3. The number of carbonyl (C=O) groups excluding carboxylic acids is 1. The summed E-state index contributed by atoms with van der Waals surface area (Å²) in [7, 11) is -3.63. The zero-order valence-corrected chi connectivity index (χ0v) is 15.6. The summed E-state index contributed by atoms with van der Waals surface area (Å²) < 4.78 is 28.0. The van der Waals surface area contributed by atoms with Crippen LogP contribution in [0.4, 0.5) is 0 Å². The van der Waals surface area contributed by atoms with Gasteiger partial charge in [0, 0.05) is 18.2 Å². The third-order valence-corrected chi connectivity index (χ3v) is 5.01. The normalized spacial score (nSPS) is 12.6. The minimum Gasteiger partial charge on any atom is -0.382 e. The largest absolute Gasteiger partial charge is 0.382 e. The lowest BCUT2D eigenvalue weighted by atomic mass is 10.1. The molecule has 1 unspecified atom stereocenters. The molecule has 1 aromatic carbocycles. The fourth-order valence-corrected chi connectivity index (χ4v) is 3.42. The highest BCUT2D eigenvalue weighted by Gasteiger charge is 2.23. The summed E-state index contributed by atoms with van der Waals surface area (Å²) in [6.45, 7) is 4.28. The van der Waals surface area contributed by atoms with Crippen LogP contribution in [0, 0.1) is 0 Å². The van der Waals surface area contributed by atoms with E-state index in [1.54, 1.807) is 35.2 Å². The number of thiophene rings is 1. The van der Waals surface area contributed by atoms with Crippen molar-refractivity contribution >= 4 is 27.4 Å². The zero-order chi connectivity index (χ0) is 17.7. The first-order valence-corrected chi connectivity index (χ1v) is 10.3. The molecule has 24 heavy (non-hydrogen) atoms. The van der Waals surface area contributed by atoms with Gasteiger partial charge in [-0.05, 0) is 30.9 Å². The van der Waals surface area contributed by atoms with E-state index in [9.17, 15) is 13.2 Å². The molecule has 0 saturated heterocycles. The van der Waals surface area contributed by atoms with Crippen molar-refractivity contribution in [3.05, 3.63) is 52.2 Å². The quantitative estimate of drug-likeness (QED) is 0.702. The Morgan fingerprint density at radius 3 is 2.54 bits per heavy atom. The van der Waals surface area contributed by atoms with Crippen molar-refractivity contribution in [2.45, 2.75) is 32.9 Å². The number of hydrogen-bond acceptors (Lipinski definition) is 5. The monoisotopic (exact) mass is 367 g/mol. The van der Waals surface area contributed by atoms with Gasteiger partial charge in [0.2, 0.25) is 0 Å². The van der Waals surface area contributed by atoms with Gasteiger partial charge in [-0.1, -0.05) is 31.2 Å². The van der Waals surface area contributed by atoms with Gasteiger partial charge in [0.15, 0.2) is 0 Å². The SMILES string of the molecule is CCC(C)N(Cc1ccccc1OS(C)(=O)=O)C(=O)c1cccs1. The first-order valence-electron chi connectivity index (χ1n) is 7.63. The third-order valence-electron chi connectivity index (χ3n) is 3.67. The lowest BCUT2D eigenvalue weighted by Crippen LogP contribution is -2.37. The Bertz CT molecular complexity index is 785. The summed E-state index contributed by atoms with van der Waals surface area (Å²) in [6, 6.07) is 10.5. The van der Waals surface area contributed by atoms with Crippen LogP contribution in [0.25, 0.3) is 0 Å². The van der Waals surface area contributed by atoms with Crippen LogP contribution in [-0.4, -0.2) is 31.5 Å². The maximum Gasteiger partial charge on any atom is 0.306 e. The van der Waals surface area contributed by atoms with Gasteiger partial charge in [-0.15, -0.1) is 11.3 Å². The molecule has 0 radical (unpaired) electrons. The van der Waals surface area contributed by atoms with Gasteiger partial charge >= 0.3 is 10.1 Å². The molecule has 1 atom stereocenters. The van der Waals surface area contributed by atoms with Crippen LogP contribution in [0.1, 0.15) is 35.5 Å². The molecular formula is C17H21NO4S2. The van der Waals surface area contributed by atoms with Crippen LogP contribution in [0.5, 0.6) is 5.75 Å². The van der Waals surface area contributed by atoms with Gasteiger partial charge in [-0.2, -0.15) is 8.42 Å². The highest BCUT2D eigenvalue weighted by Crippen LogP contribution is 2.24. The Balaban J connectivity index is 2.32. The van der Waals surface area contributed by atoms with Gasteiger partial charge in [0.1, 0.15) is 5.75 Å². The Morgan fingerprint density at radius 2 is 1.96 bits per heavy atom. The molecule has 1 amide bonds. The van der Waals surface area contributed by atoms with E-state index in [4.69, 9.17) is 4.18 Å². The van der Waals surface area contributed by atoms with Crippen molar-refractivity contribution in [1.82, 2.24) is 4.90 Å². The maximum atomic E-state index is 12.8. The number of para-hydroxylation sites is 1. The molecule has 0 bridgehead atoms. The van der Waals surface area contributed by atoms with E-state index < -0.39 is 10.1 Å². The Hall–Kier alpha value is -1.86. The fraction of sp³-hybridized carbons (Fsp3) is 0.353. The maximum absolute atomic E-state index is 12.8. The highest BCUT2D eigenvalue weighted by molar-refractivity contribution is 7.86. The zero-order valence-electron chi connectivity index (χ0n) is 13.9. The highest BCUT2D eigenvalue weighted by atomic mass is 32.2. The van der Waals surface area contributed by atoms with E-state index in [1.807, 2.05) is 25.3 Å². The minimum absolute atomic E-state index is 0.0193. The van der Waals surface area contributed by atoms with Crippen LogP contribution in [0.2, 0.25) is 0 Å². The van der Waals surface area contributed by atoms with Crippen LogP contribution in [0.15, 0.2) is 41.8 Å². The summed E-state index contributed by atoms with van der Waals surface area (Å²) in [4.78, 5) is 15.2.